The van der Waals surface area contributed by atoms with Crippen molar-refractivity contribution in [1.82, 2.24) is 0 Å². The largest absolute Gasteiger partial charge is 0.456 e. The van der Waals surface area contributed by atoms with Gasteiger partial charge in [-0.05, 0) is 69.4 Å². The Morgan fingerprint density at radius 2 is 1.32 bits per heavy atom. The van der Waals surface area contributed by atoms with E-state index < -0.39 is 0 Å². The molecule has 0 spiro atoms. The van der Waals surface area contributed by atoms with Crippen molar-refractivity contribution in [1.29, 1.82) is 0 Å². The van der Waals surface area contributed by atoms with Gasteiger partial charge in [-0.2, -0.15) is 0 Å². The fraction of sp³-hybridized carbons (Fsp3) is 0.0370. The number of fused-ring (bicyclic) bond motifs is 6. The van der Waals surface area contributed by atoms with Gasteiger partial charge in [0.1, 0.15) is 11.2 Å². The quantitative estimate of drug-likeness (QED) is 0.273. The molecule has 1 heteroatoms. The van der Waals surface area contributed by atoms with Crippen molar-refractivity contribution < 1.29 is 4.42 Å². The fourth-order valence-electron chi connectivity index (χ4n) is 4.38. The second kappa shape index (κ2) is 5.71. The number of hydrogen-bond acceptors (Lipinski definition) is 1. The summed E-state index contributed by atoms with van der Waals surface area (Å²) in [6.45, 7) is 2.14. The molecule has 0 aliphatic carbocycles. The molecule has 0 aliphatic heterocycles. The first-order chi connectivity index (χ1) is 13.8. The maximum absolute atomic E-state index is 6.04. The van der Waals surface area contributed by atoms with E-state index in [-0.39, 0.29) is 0 Å². The van der Waals surface area contributed by atoms with Gasteiger partial charge in [0.2, 0.25) is 0 Å². The predicted molar refractivity (Wildman–Crippen MR) is 119 cm³/mol. The van der Waals surface area contributed by atoms with E-state index in [1.807, 2.05) is 6.07 Å². The van der Waals surface area contributed by atoms with Crippen LogP contribution in [0.25, 0.3) is 54.6 Å². The summed E-state index contributed by atoms with van der Waals surface area (Å²) in [4.78, 5) is 0. The van der Waals surface area contributed by atoms with Crippen molar-refractivity contribution in [2.45, 2.75) is 6.92 Å². The molecule has 0 N–H and O–H groups in total. The van der Waals surface area contributed by atoms with E-state index in [4.69, 9.17) is 4.42 Å². The molecular weight excluding hydrogens is 340 g/mol. The van der Waals surface area contributed by atoms with E-state index in [1.165, 1.54) is 49.0 Å². The van der Waals surface area contributed by atoms with E-state index in [9.17, 15) is 0 Å². The van der Waals surface area contributed by atoms with Gasteiger partial charge in [-0.1, -0.05) is 66.7 Å². The van der Waals surface area contributed by atoms with E-state index in [1.54, 1.807) is 0 Å². The fourth-order valence-corrected chi connectivity index (χ4v) is 4.38. The van der Waals surface area contributed by atoms with Gasteiger partial charge in [0, 0.05) is 10.8 Å². The lowest BCUT2D eigenvalue weighted by molar-refractivity contribution is 0.669. The zero-order valence-electron chi connectivity index (χ0n) is 15.6. The zero-order chi connectivity index (χ0) is 18.7. The zero-order valence-corrected chi connectivity index (χ0v) is 15.6. The van der Waals surface area contributed by atoms with E-state index in [2.05, 4.69) is 91.9 Å². The van der Waals surface area contributed by atoms with Gasteiger partial charge in [-0.15, -0.1) is 0 Å². The molecule has 6 rings (SSSR count). The maximum atomic E-state index is 6.04. The topological polar surface area (TPSA) is 13.1 Å². The van der Waals surface area contributed by atoms with Gasteiger partial charge >= 0.3 is 0 Å². The Morgan fingerprint density at radius 3 is 2.29 bits per heavy atom. The molecule has 0 saturated carbocycles. The van der Waals surface area contributed by atoms with Crippen LogP contribution in [0.1, 0.15) is 5.56 Å². The molecule has 0 atom stereocenters. The SMILES string of the molecule is Cc1cccc2oc3ccc(-c4ccc5c(ccc6ccccc65)c4)cc3c12. The van der Waals surface area contributed by atoms with Crippen LogP contribution < -0.4 is 0 Å². The smallest absolute Gasteiger partial charge is 0.135 e. The van der Waals surface area contributed by atoms with E-state index in [0.717, 1.165) is 11.2 Å². The van der Waals surface area contributed by atoms with Gasteiger partial charge in [0.25, 0.3) is 0 Å². The lowest BCUT2D eigenvalue weighted by Crippen LogP contribution is -1.82. The van der Waals surface area contributed by atoms with Gasteiger partial charge in [-0.25, -0.2) is 0 Å². The highest BCUT2D eigenvalue weighted by Crippen LogP contribution is 2.35. The van der Waals surface area contributed by atoms with Crippen molar-refractivity contribution >= 4 is 43.5 Å². The summed E-state index contributed by atoms with van der Waals surface area (Å²) in [6, 6.07) is 32.5. The molecule has 6 aromatic rings. The Labute approximate surface area is 162 Å². The highest BCUT2D eigenvalue weighted by Gasteiger charge is 2.11. The molecular formula is C27H18O. The Hall–Kier alpha value is -3.58. The van der Waals surface area contributed by atoms with E-state index in [0.29, 0.717) is 0 Å². The van der Waals surface area contributed by atoms with Crippen LogP contribution in [0.3, 0.4) is 0 Å². The number of benzene rings is 5. The molecule has 132 valence electrons. The summed E-state index contributed by atoms with van der Waals surface area (Å²) in [7, 11) is 0. The van der Waals surface area contributed by atoms with E-state index >= 15 is 0 Å². The highest BCUT2D eigenvalue weighted by molar-refractivity contribution is 6.10. The Balaban J connectivity index is 1.59. The second-order valence-electron chi connectivity index (χ2n) is 7.48. The number of hydrogen-bond donors (Lipinski definition) is 0. The molecule has 0 bridgehead atoms. The van der Waals surface area contributed by atoms with Crippen LogP contribution in [0.2, 0.25) is 0 Å². The van der Waals surface area contributed by atoms with Crippen LogP contribution in [-0.4, -0.2) is 0 Å². The summed E-state index contributed by atoms with van der Waals surface area (Å²) < 4.78 is 6.04. The Kier molecular flexibility index (Phi) is 3.15. The summed E-state index contributed by atoms with van der Waals surface area (Å²) in [5, 5.41) is 7.55. The summed E-state index contributed by atoms with van der Waals surface area (Å²) >= 11 is 0. The lowest BCUT2D eigenvalue weighted by atomic mass is 9.96. The van der Waals surface area contributed by atoms with Crippen LogP contribution in [-0.2, 0) is 0 Å². The van der Waals surface area contributed by atoms with Crippen molar-refractivity contribution in [2.24, 2.45) is 0 Å². The minimum atomic E-state index is 0.944. The predicted octanol–water partition coefficient (Wildman–Crippen LogP) is 7.87. The molecule has 0 aliphatic rings. The minimum absolute atomic E-state index is 0.944. The first-order valence-electron chi connectivity index (χ1n) is 9.62. The number of rotatable bonds is 1. The van der Waals surface area contributed by atoms with Crippen LogP contribution in [0.4, 0.5) is 0 Å². The third-order valence-electron chi connectivity index (χ3n) is 5.78. The van der Waals surface area contributed by atoms with Crippen LogP contribution >= 0.6 is 0 Å². The van der Waals surface area contributed by atoms with Crippen molar-refractivity contribution in [3.63, 3.8) is 0 Å². The van der Waals surface area contributed by atoms with Gasteiger partial charge in [0.15, 0.2) is 0 Å². The standard InChI is InChI=1S/C27H18O/c1-17-5-4-8-26-27(17)24-16-20(12-14-25(24)28-26)19-11-13-23-21(15-19)10-9-18-6-2-3-7-22(18)23/h2-16H,1H3. The number of furan rings is 1. The first-order valence-corrected chi connectivity index (χ1v) is 9.62. The highest BCUT2D eigenvalue weighted by atomic mass is 16.3. The molecule has 1 aromatic heterocycles. The molecule has 1 heterocycles. The van der Waals surface area contributed by atoms with Gasteiger partial charge in [0.05, 0.1) is 0 Å². The summed E-state index contributed by atoms with van der Waals surface area (Å²) in [5.41, 5.74) is 5.59. The van der Waals surface area contributed by atoms with Crippen molar-refractivity contribution in [3.8, 4) is 11.1 Å². The number of aryl methyl sites for hydroxylation is 1. The first kappa shape index (κ1) is 15.5. The maximum Gasteiger partial charge on any atom is 0.135 e. The molecule has 28 heavy (non-hydrogen) atoms. The van der Waals surface area contributed by atoms with Crippen LogP contribution in [0, 0.1) is 6.92 Å². The third kappa shape index (κ3) is 2.20. The third-order valence-corrected chi connectivity index (χ3v) is 5.78. The van der Waals surface area contributed by atoms with Gasteiger partial charge < -0.3 is 4.42 Å². The second-order valence-corrected chi connectivity index (χ2v) is 7.48. The average molecular weight is 358 g/mol. The molecule has 0 amide bonds. The molecule has 0 unspecified atom stereocenters. The minimum Gasteiger partial charge on any atom is -0.456 e. The van der Waals surface area contributed by atoms with Crippen LogP contribution in [0.15, 0.2) is 95.4 Å². The summed E-state index contributed by atoms with van der Waals surface area (Å²) in [6.07, 6.45) is 0. The average Bonchev–Trinajstić information content (AvgIpc) is 3.12. The molecule has 0 radical (unpaired) electrons. The monoisotopic (exact) mass is 358 g/mol. The van der Waals surface area contributed by atoms with Crippen molar-refractivity contribution in [2.75, 3.05) is 0 Å². The molecule has 5 aromatic carbocycles. The molecule has 0 saturated heterocycles. The summed E-state index contributed by atoms with van der Waals surface area (Å²) in [5.74, 6) is 0. The van der Waals surface area contributed by atoms with Crippen molar-refractivity contribution in [3.05, 3.63) is 96.6 Å². The Morgan fingerprint density at radius 1 is 0.536 bits per heavy atom. The van der Waals surface area contributed by atoms with Gasteiger partial charge in [-0.3, -0.25) is 0 Å². The normalized spacial score (nSPS) is 11.8. The Bertz CT molecular complexity index is 1520. The lowest BCUT2D eigenvalue weighted by Gasteiger charge is -2.07. The molecule has 0 fully saturated rings. The molecule has 1 nitrogen and oxygen atoms in total. The van der Waals surface area contributed by atoms with Crippen LogP contribution in [0.5, 0.6) is 0 Å².